The lowest BCUT2D eigenvalue weighted by atomic mass is 10.3. The van der Waals surface area contributed by atoms with Gasteiger partial charge in [-0.1, -0.05) is 30.3 Å². The number of benzene rings is 2. The summed E-state index contributed by atoms with van der Waals surface area (Å²) in [7, 11) is -5.37. The van der Waals surface area contributed by atoms with Crippen LogP contribution in [0.5, 0.6) is 0 Å². The molecule has 0 saturated heterocycles. The van der Waals surface area contributed by atoms with Crippen LogP contribution < -0.4 is 4.72 Å². The van der Waals surface area contributed by atoms with Gasteiger partial charge in [-0.05, 0) is 24.3 Å². The first-order valence-corrected chi connectivity index (χ1v) is 8.88. The predicted octanol–water partition coefficient (Wildman–Crippen LogP) is 2.63. The molecule has 0 aliphatic heterocycles. The van der Waals surface area contributed by atoms with Crippen LogP contribution in [-0.4, -0.2) is 12.6 Å². The molecule has 0 fully saturated rings. The Morgan fingerprint density at radius 2 is 1.68 bits per heavy atom. The highest BCUT2D eigenvalue weighted by atomic mass is 32.2. The van der Waals surface area contributed by atoms with Gasteiger partial charge < -0.3 is 0 Å². The first kappa shape index (κ1) is 15.9. The highest BCUT2D eigenvalue weighted by Crippen LogP contribution is 2.24. The summed E-state index contributed by atoms with van der Waals surface area (Å²) in [6, 6.07) is 16.4. The van der Waals surface area contributed by atoms with E-state index in [-0.39, 0.29) is 10.6 Å². The van der Waals surface area contributed by atoms with Gasteiger partial charge in [-0.2, -0.15) is 5.26 Å². The van der Waals surface area contributed by atoms with Crippen LogP contribution in [0.2, 0.25) is 0 Å². The molecule has 1 atom stereocenters. The van der Waals surface area contributed by atoms with E-state index in [1.807, 2.05) is 0 Å². The van der Waals surface area contributed by atoms with Crippen LogP contribution in [-0.2, 0) is 20.8 Å². The fourth-order valence-electron chi connectivity index (χ4n) is 1.70. The fourth-order valence-corrected chi connectivity index (χ4v) is 3.74. The first-order chi connectivity index (χ1) is 10.5. The molecule has 1 N–H and O–H groups in total. The smallest absolute Gasteiger partial charge is 0.202 e. The number of hydrogen-bond donors (Lipinski definition) is 1. The van der Waals surface area contributed by atoms with Crippen LogP contribution in [0.4, 0.5) is 5.69 Å². The number of hydrogen-bond acceptors (Lipinski definition) is 4. The molecule has 5 nitrogen and oxygen atoms in total. The zero-order valence-corrected chi connectivity index (χ0v) is 13.0. The van der Waals surface area contributed by atoms with E-state index in [4.69, 9.17) is 5.26 Å². The van der Waals surface area contributed by atoms with Gasteiger partial charge >= 0.3 is 0 Å². The molecular weight excluding hydrogens is 320 g/mol. The van der Waals surface area contributed by atoms with Crippen LogP contribution in [0.25, 0.3) is 0 Å². The Balaban J connectivity index is 2.36. The molecule has 0 bridgehead atoms. The lowest BCUT2D eigenvalue weighted by molar-refractivity contribution is 0.605. The molecule has 112 valence electrons. The van der Waals surface area contributed by atoms with Gasteiger partial charge in [-0.3, -0.25) is 4.72 Å². The number of nitrogens with one attached hydrogen (secondary N) is 1. The van der Waals surface area contributed by atoms with Crippen LogP contribution in [0.15, 0.2) is 75.9 Å². The second-order valence-electron chi connectivity index (χ2n) is 4.16. The fraction of sp³-hybridized carbons (Fsp3) is 0. The molecule has 2 rings (SSSR count). The van der Waals surface area contributed by atoms with Gasteiger partial charge in [-0.15, -0.1) is 0 Å². The summed E-state index contributed by atoms with van der Waals surface area (Å²) < 4.78 is 39.2. The van der Waals surface area contributed by atoms with Gasteiger partial charge in [0.1, 0.15) is 11.0 Å². The highest BCUT2D eigenvalue weighted by Gasteiger charge is 2.16. The van der Waals surface area contributed by atoms with Crippen molar-refractivity contribution in [3.63, 3.8) is 0 Å². The number of para-hydroxylation sites is 1. The number of anilines is 1. The van der Waals surface area contributed by atoms with E-state index >= 15 is 0 Å². The second-order valence-corrected chi connectivity index (χ2v) is 7.17. The third-order valence-electron chi connectivity index (χ3n) is 2.68. The van der Waals surface area contributed by atoms with Gasteiger partial charge in [0, 0.05) is 11.5 Å². The molecule has 0 aliphatic carbocycles. The lowest BCUT2D eigenvalue weighted by Gasteiger charge is -2.10. The number of sulfone groups is 1. The van der Waals surface area contributed by atoms with E-state index in [0.717, 1.165) is 11.5 Å². The van der Waals surface area contributed by atoms with Gasteiger partial charge in [0.2, 0.25) is 9.84 Å². The average Bonchev–Trinajstić information content (AvgIpc) is 2.54. The molecule has 0 aromatic heterocycles. The maximum atomic E-state index is 12.2. The maximum absolute atomic E-state index is 12.2. The van der Waals surface area contributed by atoms with Crippen molar-refractivity contribution in [3.8, 4) is 6.07 Å². The molecular formula is C15H12N2O3S2. The quantitative estimate of drug-likeness (QED) is 0.853. The van der Waals surface area contributed by atoms with Crippen LogP contribution in [0.1, 0.15) is 0 Å². The van der Waals surface area contributed by atoms with E-state index in [0.29, 0.717) is 4.90 Å². The summed E-state index contributed by atoms with van der Waals surface area (Å²) in [5.41, 5.74) is 0.215. The highest BCUT2D eigenvalue weighted by molar-refractivity contribution is 7.94. The van der Waals surface area contributed by atoms with Crippen molar-refractivity contribution < 1.29 is 12.6 Å². The third kappa shape index (κ3) is 3.81. The molecule has 0 aliphatic rings. The minimum absolute atomic E-state index is 0.0363. The maximum Gasteiger partial charge on any atom is 0.202 e. The number of allylic oxidation sites excluding steroid dienone is 1. The van der Waals surface area contributed by atoms with Gasteiger partial charge in [0.15, 0.2) is 0 Å². The van der Waals surface area contributed by atoms with Gasteiger partial charge in [0.25, 0.3) is 0 Å². The SMILES string of the molecule is N#CC=CS(=O)(=O)c1ccccc1NS(=O)c1ccccc1. The minimum atomic E-state index is -3.78. The van der Waals surface area contributed by atoms with Crippen LogP contribution >= 0.6 is 0 Å². The number of nitriles is 1. The zero-order chi connectivity index (χ0) is 16.0. The molecule has 2 aromatic rings. The topological polar surface area (TPSA) is 87.0 Å². The molecule has 0 radical (unpaired) electrons. The Morgan fingerprint density at radius 1 is 1.05 bits per heavy atom. The molecule has 2 aromatic carbocycles. The molecule has 0 saturated carbocycles. The standard InChI is InChI=1S/C15H12N2O3S2/c16-11-6-12-22(19,20)15-10-5-4-9-14(15)17-21(18)13-7-2-1-3-8-13/h1-10,12,17H. The minimum Gasteiger partial charge on any atom is -0.300 e. The Hall–Kier alpha value is -2.43. The third-order valence-corrected chi connectivity index (χ3v) is 5.24. The van der Waals surface area contributed by atoms with Crippen molar-refractivity contribution in [2.75, 3.05) is 4.72 Å². The largest absolute Gasteiger partial charge is 0.300 e. The van der Waals surface area contributed by atoms with E-state index in [2.05, 4.69) is 4.72 Å². The predicted molar refractivity (Wildman–Crippen MR) is 84.9 cm³/mol. The van der Waals surface area contributed by atoms with Crippen molar-refractivity contribution in [1.29, 1.82) is 5.26 Å². The van der Waals surface area contributed by atoms with Crippen LogP contribution in [0.3, 0.4) is 0 Å². The Bertz CT molecular complexity index is 854. The Labute approximate surface area is 131 Å². The van der Waals surface area contributed by atoms with E-state index in [9.17, 15) is 12.6 Å². The van der Waals surface area contributed by atoms with Crippen LogP contribution in [0, 0.1) is 11.3 Å². The van der Waals surface area contributed by atoms with Crippen molar-refractivity contribution in [2.24, 2.45) is 0 Å². The Morgan fingerprint density at radius 3 is 2.36 bits per heavy atom. The summed E-state index contributed by atoms with van der Waals surface area (Å²) >= 11 is 0. The van der Waals surface area contributed by atoms with Gasteiger partial charge in [0.05, 0.1) is 21.5 Å². The zero-order valence-electron chi connectivity index (χ0n) is 11.3. The summed E-state index contributed by atoms with van der Waals surface area (Å²) in [6.07, 6.45) is 0.889. The number of rotatable bonds is 5. The molecule has 0 spiro atoms. The molecule has 1 unspecified atom stereocenters. The van der Waals surface area contributed by atoms with Crippen molar-refractivity contribution in [2.45, 2.75) is 9.79 Å². The van der Waals surface area contributed by atoms with Gasteiger partial charge in [-0.25, -0.2) is 12.6 Å². The molecule has 0 heterocycles. The molecule has 7 heteroatoms. The molecule has 22 heavy (non-hydrogen) atoms. The summed E-state index contributed by atoms with van der Waals surface area (Å²) in [4.78, 5) is 0.494. The van der Waals surface area contributed by atoms with Crippen molar-refractivity contribution >= 4 is 26.5 Å². The summed E-state index contributed by atoms with van der Waals surface area (Å²) in [5, 5.41) is 9.29. The monoisotopic (exact) mass is 332 g/mol. The lowest BCUT2D eigenvalue weighted by Crippen LogP contribution is -2.08. The van der Waals surface area contributed by atoms with E-state index in [1.54, 1.807) is 48.5 Å². The summed E-state index contributed by atoms with van der Waals surface area (Å²) in [6.45, 7) is 0. The average molecular weight is 332 g/mol. The van der Waals surface area contributed by atoms with Crippen molar-refractivity contribution in [1.82, 2.24) is 0 Å². The van der Waals surface area contributed by atoms with E-state index in [1.165, 1.54) is 12.1 Å². The summed E-state index contributed by atoms with van der Waals surface area (Å²) in [5.74, 6) is 0. The Kier molecular flexibility index (Phi) is 5.09. The molecule has 0 amide bonds. The number of nitrogens with zero attached hydrogens (tertiary/aromatic N) is 1. The first-order valence-electron chi connectivity index (χ1n) is 6.18. The van der Waals surface area contributed by atoms with E-state index < -0.39 is 20.8 Å². The second kappa shape index (κ2) is 7.02. The normalized spacial score (nSPS) is 12.7. The van der Waals surface area contributed by atoms with Crippen molar-refractivity contribution in [3.05, 3.63) is 66.1 Å².